The first-order chi connectivity index (χ1) is 17.7. The Morgan fingerprint density at radius 1 is 1.08 bits per heavy atom. The van der Waals surface area contributed by atoms with E-state index in [4.69, 9.17) is 11.6 Å². The third kappa shape index (κ3) is 5.65. The van der Waals surface area contributed by atoms with Crippen LogP contribution >= 0.6 is 11.6 Å². The summed E-state index contributed by atoms with van der Waals surface area (Å²) in [5, 5.41) is 6.16. The van der Waals surface area contributed by atoms with Gasteiger partial charge in [-0.05, 0) is 30.3 Å². The highest BCUT2D eigenvalue weighted by Gasteiger charge is 2.25. The number of anilines is 2. The molecule has 3 heterocycles. The predicted molar refractivity (Wildman–Crippen MR) is 121 cm³/mol. The number of carbonyl (C=O) groups excluding carboxylic acids is 1. The van der Waals surface area contributed by atoms with Crippen LogP contribution in [0.3, 0.4) is 0 Å². The highest BCUT2D eigenvalue weighted by atomic mass is 35.5. The summed E-state index contributed by atoms with van der Waals surface area (Å²) in [4.78, 5) is 29.0. The van der Waals surface area contributed by atoms with E-state index in [0.29, 0.717) is 10.7 Å². The van der Waals surface area contributed by atoms with E-state index in [1.54, 1.807) is 0 Å². The van der Waals surface area contributed by atoms with Gasteiger partial charge in [-0.2, -0.15) is 10.1 Å². The largest absolute Gasteiger partial charge is 0.324 e. The number of hydroxylamine groups is 1. The lowest BCUT2D eigenvalue weighted by Gasteiger charge is -2.14. The van der Waals surface area contributed by atoms with E-state index in [9.17, 15) is 26.7 Å². The fraction of sp³-hybridized carbons (Fsp3) is 0.136. The molecule has 9 nitrogen and oxygen atoms in total. The molecular formula is C22H15ClF5N7O2. The second-order valence-corrected chi connectivity index (χ2v) is 7.70. The molecule has 0 bridgehead atoms. The lowest BCUT2D eigenvalue weighted by Crippen LogP contribution is -2.21. The lowest BCUT2D eigenvalue weighted by atomic mass is 10.1. The number of nitrogens with zero attached hydrogens (tertiary/aromatic N) is 5. The van der Waals surface area contributed by atoms with Crippen molar-refractivity contribution in [1.29, 1.82) is 0 Å². The van der Waals surface area contributed by atoms with Crippen LogP contribution in [-0.4, -0.2) is 37.7 Å². The topological polar surface area (TPSA) is 107 Å². The number of hydrogen-bond donors (Lipinski definition) is 2. The van der Waals surface area contributed by atoms with Crippen molar-refractivity contribution < 1.29 is 31.6 Å². The molecule has 15 heteroatoms. The van der Waals surface area contributed by atoms with Crippen LogP contribution in [0, 0.1) is 5.82 Å². The summed E-state index contributed by atoms with van der Waals surface area (Å²) in [5.41, 5.74) is 0.878. The third-order valence-electron chi connectivity index (χ3n) is 4.85. The number of hydrogen-bond acceptors (Lipinski definition) is 7. The van der Waals surface area contributed by atoms with Crippen LogP contribution < -0.4 is 10.8 Å². The van der Waals surface area contributed by atoms with E-state index in [-0.39, 0.29) is 39.2 Å². The molecular weight excluding hydrogens is 525 g/mol. The zero-order valence-electron chi connectivity index (χ0n) is 18.6. The highest BCUT2D eigenvalue weighted by molar-refractivity contribution is 6.31. The number of carbonyl (C=O) groups is 1. The summed E-state index contributed by atoms with van der Waals surface area (Å²) >= 11 is 5.79. The Labute approximate surface area is 210 Å². The molecule has 37 heavy (non-hydrogen) atoms. The normalized spacial score (nSPS) is 11.3. The van der Waals surface area contributed by atoms with Crippen LogP contribution in [0.2, 0.25) is 5.02 Å². The quantitative estimate of drug-likeness (QED) is 0.227. The number of amides is 1. The maximum atomic E-state index is 13.8. The van der Waals surface area contributed by atoms with Crippen LogP contribution in [-0.2, 0) is 4.84 Å². The predicted octanol–water partition coefficient (Wildman–Crippen LogP) is 5.43. The number of nitrogens with one attached hydrogen (secondary N) is 2. The molecule has 4 rings (SSSR count). The van der Waals surface area contributed by atoms with Crippen molar-refractivity contribution in [3.8, 4) is 16.9 Å². The minimum atomic E-state index is -3.19. The minimum absolute atomic E-state index is 0.0353. The summed E-state index contributed by atoms with van der Waals surface area (Å²) in [5.74, 6) is -1.82. The Morgan fingerprint density at radius 2 is 1.86 bits per heavy atom. The lowest BCUT2D eigenvalue weighted by molar-refractivity contribution is 0.0537. The average molecular weight is 540 g/mol. The molecule has 0 aliphatic rings. The van der Waals surface area contributed by atoms with Crippen molar-refractivity contribution in [2.45, 2.75) is 12.9 Å². The Kier molecular flexibility index (Phi) is 7.59. The Bertz CT molecular complexity index is 1450. The monoisotopic (exact) mass is 539 g/mol. The van der Waals surface area contributed by atoms with Crippen molar-refractivity contribution in [3.63, 3.8) is 0 Å². The van der Waals surface area contributed by atoms with Crippen LogP contribution in [0.4, 0.5) is 33.6 Å². The van der Waals surface area contributed by atoms with Crippen molar-refractivity contribution in [2.75, 3.05) is 12.4 Å². The summed E-state index contributed by atoms with van der Waals surface area (Å²) < 4.78 is 68.4. The molecule has 0 saturated heterocycles. The van der Waals surface area contributed by atoms with Gasteiger partial charge in [-0.25, -0.2) is 37.1 Å². The van der Waals surface area contributed by atoms with Crippen molar-refractivity contribution in [1.82, 2.24) is 30.2 Å². The molecule has 4 aromatic rings. The number of rotatable bonds is 8. The van der Waals surface area contributed by atoms with Gasteiger partial charge in [-0.1, -0.05) is 11.6 Å². The zero-order chi connectivity index (χ0) is 26.7. The molecule has 0 saturated carbocycles. The maximum Gasteiger partial charge on any atom is 0.282 e. The molecule has 0 fully saturated rings. The number of pyridine rings is 1. The molecule has 0 atom stereocenters. The third-order valence-corrected chi connectivity index (χ3v) is 5.14. The first-order valence-corrected chi connectivity index (χ1v) is 10.6. The molecule has 1 amide bonds. The van der Waals surface area contributed by atoms with Crippen molar-refractivity contribution >= 4 is 29.1 Å². The van der Waals surface area contributed by atoms with E-state index in [1.807, 2.05) is 0 Å². The van der Waals surface area contributed by atoms with Crippen LogP contribution in [0.15, 0.2) is 48.9 Å². The van der Waals surface area contributed by atoms with E-state index in [0.717, 1.165) is 6.07 Å². The molecule has 0 unspecified atom stereocenters. The molecule has 1 aromatic carbocycles. The van der Waals surface area contributed by atoms with E-state index in [2.05, 4.69) is 35.7 Å². The first-order valence-electron chi connectivity index (χ1n) is 10.2. The first kappa shape index (κ1) is 25.9. The van der Waals surface area contributed by atoms with Gasteiger partial charge in [0, 0.05) is 35.4 Å². The standard InChI is InChI=1S/C22H15ClF5N7O2/c1-37-34-21(36)11-4-10(7-29-8-11)13-9-30-22(31-12-2-3-15(24)14(23)5-12)32-20(13)35-17(19(27)28)6-16(33-35)18(25)26/h2-9,18-19H,1H3,(H,34,36)(H,30,31,32). The highest BCUT2D eigenvalue weighted by Crippen LogP contribution is 2.32. The fourth-order valence-electron chi connectivity index (χ4n) is 3.21. The van der Waals surface area contributed by atoms with Gasteiger partial charge in [-0.15, -0.1) is 0 Å². The van der Waals surface area contributed by atoms with E-state index >= 15 is 0 Å². The van der Waals surface area contributed by atoms with Gasteiger partial charge < -0.3 is 5.32 Å². The Hall–Kier alpha value is -4.17. The van der Waals surface area contributed by atoms with Gasteiger partial charge in [0.15, 0.2) is 5.82 Å². The number of aromatic nitrogens is 5. The summed E-state index contributed by atoms with van der Waals surface area (Å²) in [6, 6.07) is 5.56. The van der Waals surface area contributed by atoms with Crippen molar-refractivity contribution in [3.05, 3.63) is 76.7 Å². The van der Waals surface area contributed by atoms with Crippen molar-refractivity contribution in [2.24, 2.45) is 0 Å². The van der Waals surface area contributed by atoms with Gasteiger partial charge in [0.25, 0.3) is 18.8 Å². The van der Waals surface area contributed by atoms with Gasteiger partial charge >= 0.3 is 0 Å². The summed E-state index contributed by atoms with van der Waals surface area (Å²) in [6.45, 7) is 0. The minimum Gasteiger partial charge on any atom is -0.324 e. The van der Waals surface area contributed by atoms with Gasteiger partial charge in [-0.3, -0.25) is 14.6 Å². The molecule has 0 radical (unpaired) electrons. The fourth-order valence-corrected chi connectivity index (χ4v) is 3.39. The SMILES string of the molecule is CONC(=O)c1cncc(-c2cnc(Nc3ccc(F)c(Cl)c3)nc2-n2nc(C(F)F)cc2C(F)F)c1. The molecule has 0 spiro atoms. The summed E-state index contributed by atoms with van der Waals surface area (Å²) in [6.07, 6.45) is -2.61. The van der Waals surface area contributed by atoms with Crippen LogP contribution in [0.1, 0.15) is 34.6 Å². The number of alkyl halides is 4. The van der Waals surface area contributed by atoms with Gasteiger partial charge in [0.1, 0.15) is 17.2 Å². The second kappa shape index (κ2) is 10.8. The van der Waals surface area contributed by atoms with Gasteiger partial charge in [0.2, 0.25) is 5.95 Å². The molecule has 2 N–H and O–H groups in total. The Balaban J connectivity index is 1.88. The second-order valence-electron chi connectivity index (χ2n) is 7.29. The Morgan fingerprint density at radius 3 is 2.54 bits per heavy atom. The number of benzene rings is 1. The molecule has 3 aromatic heterocycles. The average Bonchev–Trinajstić information content (AvgIpc) is 3.33. The maximum absolute atomic E-state index is 13.8. The van der Waals surface area contributed by atoms with Gasteiger partial charge in [0.05, 0.1) is 17.7 Å². The number of halogens is 6. The van der Waals surface area contributed by atoms with Crippen LogP contribution in [0.5, 0.6) is 0 Å². The molecule has 192 valence electrons. The summed E-state index contributed by atoms with van der Waals surface area (Å²) in [7, 11) is 1.23. The zero-order valence-corrected chi connectivity index (χ0v) is 19.3. The molecule has 0 aliphatic heterocycles. The van der Waals surface area contributed by atoms with E-state index < -0.39 is 36.0 Å². The van der Waals surface area contributed by atoms with E-state index in [1.165, 1.54) is 43.9 Å². The smallest absolute Gasteiger partial charge is 0.282 e. The van der Waals surface area contributed by atoms with Crippen LogP contribution in [0.25, 0.3) is 16.9 Å². The molecule has 0 aliphatic carbocycles.